The molecule has 21 heavy (non-hydrogen) atoms. The molecular weight excluding hydrogens is 264 g/mol. The van der Waals surface area contributed by atoms with Gasteiger partial charge in [-0.05, 0) is 38.0 Å². The van der Waals surface area contributed by atoms with Crippen LogP contribution in [0, 0.1) is 0 Å². The van der Waals surface area contributed by atoms with E-state index < -0.39 is 0 Å². The van der Waals surface area contributed by atoms with Crippen LogP contribution in [0.2, 0.25) is 0 Å². The number of furan rings is 1. The molecule has 0 saturated heterocycles. The SMILES string of the molecule is CC(Cc1ccccc1)NC(C)C(=O)NCc1ccco1. The monoisotopic (exact) mass is 286 g/mol. The smallest absolute Gasteiger partial charge is 0.237 e. The zero-order chi connectivity index (χ0) is 15.1. The molecule has 2 rings (SSSR count). The van der Waals surface area contributed by atoms with E-state index in [4.69, 9.17) is 4.42 Å². The zero-order valence-electron chi connectivity index (χ0n) is 12.5. The van der Waals surface area contributed by atoms with Crippen molar-refractivity contribution in [2.75, 3.05) is 0 Å². The summed E-state index contributed by atoms with van der Waals surface area (Å²) in [6, 6.07) is 13.9. The Morgan fingerprint density at radius 3 is 2.57 bits per heavy atom. The minimum atomic E-state index is -0.237. The van der Waals surface area contributed by atoms with Crippen molar-refractivity contribution in [3.63, 3.8) is 0 Å². The summed E-state index contributed by atoms with van der Waals surface area (Å²) in [7, 11) is 0. The molecule has 2 aromatic rings. The molecule has 0 spiro atoms. The van der Waals surface area contributed by atoms with Gasteiger partial charge in [0.1, 0.15) is 5.76 Å². The maximum Gasteiger partial charge on any atom is 0.237 e. The first-order chi connectivity index (χ1) is 10.1. The predicted molar refractivity (Wildman–Crippen MR) is 82.8 cm³/mol. The summed E-state index contributed by atoms with van der Waals surface area (Å²) in [6.07, 6.45) is 2.50. The average Bonchev–Trinajstić information content (AvgIpc) is 2.98. The van der Waals surface area contributed by atoms with Crippen LogP contribution in [0.3, 0.4) is 0 Å². The molecule has 0 bridgehead atoms. The average molecular weight is 286 g/mol. The van der Waals surface area contributed by atoms with Gasteiger partial charge in [0.25, 0.3) is 0 Å². The van der Waals surface area contributed by atoms with Crippen molar-refractivity contribution in [1.29, 1.82) is 0 Å². The van der Waals surface area contributed by atoms with Crippen LogP contribution in [0.4, 0.5) is 0 Å². The number of carbonyl (C=O) groups is 1. The molecule has 2 N–H and O–H groups in total. The van der Waals surface area contributed by atoms with Crippen LogP contribution in [0.1, 0.15) is 25.2 Å². The molecule has 0 aliphatic carbocycles. The standard InChI is InChI=1S/C17H22N2O2/c1-13(11-15-7-4-3-5-8-15)19-14(2)17(20)18-12-16-9-6-10-21-16/h3-10,13-14,19H,11-12H2,1-2H3,(H,18,20). The molecule has 1 amide bonds. The molecule has 4 heteroatoms. The lowest BCUT2D eigenvalue weighted by atomic mass is 10.1. The van der Waals surface area contributed by atoms with Crippen LogP contribution in [0.15, 0.2) is 53.1 Å². The van der Waals surface area contributed by atoms with E-state index in [0.717, 1.165) is 12.2 Å². The molecule has 1 heterocycles. The molecule has 2 unspecified atom stereocenters. The number of hydrogen-bond donors (Lipinski definition) is 2. The second kappa shape index (κ2) is 7.64. The van der Waals surface area contributed by atoms with E-state index >= 15 is 0 Å². The molecule has 0 aliphatic rings. The molecule has 112 valence electrons. The number of nitrogens with one attached hydrogen (secondary N) is 2. The number of hydrogen-bond acceptors (Lipinski definition) is 3. The fourth-order valence-corrected chi connectivity index (χ4v) is 2.27. The van der Waals surface area contributed by atoms with Crippen molar-refractivity contribution in [1.82, 2.24) is 10.6 Å². The minimum Gasteiger partial charge on any atom is -0.467 e. The summed E-state index contributed by atoms with van der Waals surface area (Å²) >= 11 is 0. The highest BCUT2D eigenvalue weighted by Crippen LogP contribution is 2.04. The van der Waals surface area contributed by atoms with Gasteiger partial charge in [-0.3, -0.25) is 4.79 Å². The van der Waals surface area contributed by atoms with Crippen molar-refractivity contribution in [3.8, 4) is 0 Å². The van der Waals surface area contributed by atoms with Crippen molar-refractivity contribution in [2.24, 2.45) is 0 Å². The third kappa shape index (κ3) is 5.08. The molecule has 0 aliphatic heterocycles. The van der Waals surface area contributed by atoms with Gasteiger partial charge in [0.15, 0.2) is 0 Å². The minimum absolute atomic E-state index is 0.0219. The fraction of sp³-hybridized carbons (Fsp3) is 0.353. The largest absolute Gasteiger partial charge is 0.467 e. The number of rotatable bonds is 7. The van der Waals surface area contributed by atoms with Crippen LogP contribution in [0.25, 0.3) is 0 Å². The van der Waals surface area contributed by atoms with Crippen LogP contribution in [-0.4, -0.2) is 18.0 Å². The van der Waals surface area contributed by atoms with Gasteiger partial charge in [0.05, 0.1) is 18.8 Å². The van der Waals surface area contributed by atoms with Crippen molar-refractivity contribution in [2.45, 2.75) is 38.9 Å². The van der Waals surface area contributed by atoms with Gasteiger partial charge in [-0.1, -0.05) is 30.3 Å². The normalized spacial score (nSPS) is 13.6. The Morgan fingerprint density at radius 2 is 1.90 bits per heavy atom. The Hall–Kier alpha value is -2.07. The van der Waals surface area contributed by atoms with E-state index in [0.29, 0.717) is 6.54 Å². The predicted octanol–water partition coefficient (Wildman–Crippen LogP) is 2.51. The van der Waals surface area contributed by atoms with E-state index in [2.05, 4.69) is 29.7 Å². The highest BCUT2D eigenvalue weighted by molar-refractivity contribution is 5.81. The number of carbonyl (C=O) groups excluding carboxylic acids is 1. The maximum atomic E-state index is 12.0. The molecular formula is C17H22N2O2. The molecule has 2 atom stereocenters. The molecule has 0 saturated carbocycles. The summed E-state index contributed by atoms with van der Waals surface area (Å²) in [4.78, 5) is 12.0. The second-order valence-corrected chi connectivity index (χ2v) is 5.28. The van der Waals surface area contributed by atoms with Crippen LogP contribution in [0.5, 0.6) is 0 Å². The van der Waals surface area contributed by atoms with Crippen molar-refractivity contribution >= 4 is 5.91 Å². The lowest BCUT2D eigenvalue weighted by molar-refractivity contribution is -0.123. The summed E-state index contributed by atoms with van der Waals surface area (Å²) in [5, 5.41) is 6.17. The first-order valence-corrected chi connectivity index (χ1v) is 7.25. The summed E-state index contributed by atoms with van der Waals surface area (Å²) in [5.74, 6) is 0.735. The highest BCUT2D eigenvalue weighted by Gasteiger charge is 2.15. The van der Waals surface area contributed by atoms with E-state index in [9.17, 15) is 4.79 Å². The van der Waals surface area contributed by atoms with Gasteiger partial charge in [0, 0.05) is 6.04 Å². The van der Waals surface area contributed by atoms with Gasteiger partial charge in [-0.25, -0.2) is 0 Å². The Morgan fingerprint density at radius 1 is 1.14 bits per heavy atom. The first-order valence-electron chi connectivity index (χ1n) is 7.25. The van der Waals surface area contributed by atoms with E-state index in [1.807, 2.05) is 37.3 Å². The van der Waals surface area contributed by atoms with Crippen LogP contribution < -0.4 is 10.6 Å². The molecule has 0 fully saturated rings. The fourth-order valence-electron chi connectivity index (χ4n) is 2.27. The third-order valence-electron chi connectivity index (χ3n) is 3.33. The van der Waals surface area contributed by atoms with Gasteiger partial charge >= 0.3 is 0 Å². The number of benzene rings is 1. The second-order valence-electron chi connectivity index (χ2n) is 5.28. The Kier molecular flexibility index (Phi) is 5.58. The zero-order valence-corrected chi connectivity index (χ0v) is 12.5. The summed E-state index contributed by atoms with van der Waals surface area (Å²) < 4.78 is 5.19. The van der Waals surface area contributed by atoms with Crippen LogP contribution in [-0.2, 0) is 17.8 Å². The van der Waals surface area contributed by atoms with Crippen molar-refractivity contribution in [3.05, 3.63) is 60.1 Å². The molecule has 1 aromatic carbocycles. The molecule has 4 nitrogen and oxygen atoms in total. The van der Waals surface area contributed by atoms with Gasteiger partial charge in [-0.2, -0.15) is 0 Å². The summed E-state index contributed by atoms with van der Waals surface area (Å²) in [6.45, 7) is 4.38. The third-order valence-corrected chi connectivity index (χ3v) is 3.33. The molecule has 1 aromatic heterocycles. The lowest BCUT2D eigenvalue weighted by Crippen LogP contribution is -2.46. The highest BCUT2D eigenvalue weighted by atomic mass is 16.3. The van der Waals surface area contributed by atoms with Gasteiger partial charge < -0.3 is 15.1 Å². The first kappa shape index (κ1) is 15.3. The Bertz CT molecular complexity index is 537. The van der Waals surface area contributed by atoms with E-state index in [1.165, 1.54) is 5.56 Å². The summed E-state index contributed by atoms with van der Waals surface area (Å²) in [5.41, 5.74) is 1.26. The lowest BCUT2D eigenvalue weighted by Gasteiger charge is -2.19. The van der Waals surface area contributed by atoms with Crippen molar-refractivity contribution < 1.29 is 9.21 Å². The van der Waals surface area contributed by atoms with Crippen LogP contribution >= 0.6 is 0 Å². The van der Waals surface area contributed by atoms with Gasteiger partial charge in [-0.15, -0.1) is 0 Å². The topological polar surface area (TPSA) is 54.3 Å². The maximum absolute atomic E-state index is 12.0. The van der Waals surface area contributed by atoms with E-state index in [-0.39, 0.29) is 18.0 Å². The quantitative estimate of drug-likeness (QED) is 0.822. The molecule has 0 radical (unpaired) electrons. The Labute approximate surface area is 125 Å². The Balaban J connectivity index is 1.74. The van der Waals surface area contributed by atoms with Gasteiger partial charge in [0.2, 0.25) is 5.91 Å². The van der Waals surface area contributed by atoms with E-state index in [1.54, 1.807) is 6.26 Å². The number of amides is 1.